The minimum absolute atomic E-state index is 0.107. The number of phenolic OH excluding ortho intramolecular Hbond substituents is 1. The molecule has 0 bridgehead atoms. The van der Waals surface area contributed by atoms with Gasteiger partial charge in [-0.3, -0.25) is 0 Å². The maximum Gasteiger partial charge on any atom is 0.336 e. The standard InChI is InChI=1S/C15H16O9/c16-5-8-10(18)12(20)13(21)15(23-8)22-7-3-1-6-2-4-9(17)24-14(6)11(7)19/h1-4,8,10,12-13,15-16,18-21H,5H2/t8-,10-,12+,13-,15?/m1/s1. The molecule has 5 N–H and O–H groups in total. The Hall–Kier alpha value is -2.17. The van der Waals surface area contributed by atoms with Crippen molar-refractivity contribution < 1.29 is 39.4 Å². The lowest BCUT2D eigenvalue weighted by atomic mass is 9.99. The van der Waals surface area contributed by atoms with Crippen LogP contribution >= 0.6 is 0 Å². The first-order valence-corrected chi connectivity index (χ1v) is 7.15. The molecule has 2 aromatic rings. The molecule has 0 amide bonds. The van der Waals surface area contributed by atoms with Crippen molar-refractivity contribution in [1.29, 1.82) is 0 Å². The first-order chi connectivity index (χ1) is 11.4. The predicted octanol–water partition coefficient (Wildman–Crippen LogP) is -1.32. The van der Waals surface area contributed by atoms with Crippen molar-refractivity contribution in [3.8, 4) is 11.5 Å². The molecule has 9 nitrogen and oxygen atoms in total. The number of ether oxygens (including phenoxy) is 2. The Balaban J connectivity index is 1.91. The normalized spacial score (nSPS) is 30.4. The summed E-state index contributed by atoms with van der Waals surface area (Å²) in [5.41, 5.74) is -0.771. The molecule has 24 heavy (non-hydrogen) atoms. The lowest BCUT2D eigenvalue weighted by Gasteiger charge is -2.39. The maximum absolute atomic E-state index is 11.3. The molecule has 130 valence electrons. The third-order valence-electron chi connectivity index (χ3n) is 3.82. The van der Waals surface area contributed by atoms with E-state index in [1.807, 2.05) is 0 Å². The number of rotatable bonds is 3. The monoisotopic (exact) mass is 340 g/mol. The Labute approximate surface area is 134 Å². The average Bonchev–Trinajstić information content (AvgIpc) is 2.58. The lowest BCUT2D eigenvalue weighted by molar-refractivity contribution is -0.277. The Morgan fingerprint density at radius 2 is 1.75 bits per heavy atom. The van der Waals surface area contributed by atoms with E-state index in [0.717, 1.165) is 0 Å². The fourth-order valence-electron chi connectivity index (χ4n) is 2.48. The van der Waals surface area contributed by atoms with E-state index in [9.17, 15) is 25.2 Å². The molecule has 1 aromatic heterocycles. The summed E-state index contributed by atoms with van der Waals surface area (Å²) in [6.07, 6.45) is -7.36. The van der Waals surface area contributed by atoms with Crippen LogP contribution in [-0.4, -0.2) is 62.8 Å². The van der Waals surface area contributed by atoms with Crippen LogP contribution in [0.3, 0.4) is 0 Å². The zero-order chi connectivity index (χ0) is 17.4. The van der Waals surface area contributed by atoms with E-state index in [1.165, 1.54) is 24.3 Å². The molecule has 1 aromatic carbocycles. The van der Waals surface area contributed by atoms with Gasteiger partial charge < -0.3 is 39.4 Å². The molecule has 3 rings (SSSR count). The quantitative estimate of drug-likeness (QED) is 0.429. The van der Waals surface area contributed by atoms with Crippen LogP contribution in [-0.2, 0) is 4.74 Å². The van der Waals surface area contributed by atoms with E-state index in [-0.39, 0.29) is 11.3 Å². The zero-order valence-corrected chi connectivity index (χ0v) is 12.3. The zero-order valence-electron chi connectivity index (χ0n) is 12.3. The van der Waals surface area contributed by atoms with E-state index in [4.69, 9.17) is 19.0 Å². The largest absolute Gasteiger partial charge is 0.502 e. The van der Waals surface area contributed by atoms with Gasteiger partial charge in [0, 0.05) is 11.5 Å². The number of hydrogen-bond acceptors (Lipinski definition) is 9. The van der Waals surface area contributed by atoms with Crippen molar-refractivity contribution in [2.75, 3.05) is 6.61 Å². The fraction of sp³-hybridized carbons (Fsp3) is 0.400. The minimum atomic E-state index is -1.62. The number of aliphatic hydroxyl groups is 4. The molecule has 1 aliphatic heterocycles. The molecule has 0 spiro atoms. The highest BCUT2D eigenvalue weighted by atomic mass is 16.7. The third-order valence-corrected chi connectivity index (χ3v) is 3.82. The van der Waals surface area contributed by atoms with Crippen LogP contribution in [0, 0.1) is 0 Å². The summed E-state index contributed by atoms with van der Waals surface area (Å²) in [4.78, 5) is 11.3. The summed E-state index contributed by atoms with van der Waals surface area (Å²) in [6, 6.07) is 5.52. The molecular weight excluding hydrogens is 324 g/mol. The van der Waals surface area contributed by atoms with Gasteiger partial charge in [0.15, 0.2) is 11.3 Å². The SMILES string of the molecule is O=c1ccc2ccc(OC3O[C@H](CO)[C@@H](O)[C@H](O)[C@H]3O)c(O)c2o1. The molecule has 0 saturated carbocycles. The van der Waals surface area contributed by atoms with Gasteiger partial charge in [-0.2, -0.15) is 0 Å². The second kappa shape index (κ2) is 6.38. The van der Waals surface area contributed by atoms with Crippen molar-refractivity contribution in [2.45, 2.75) is 30.7 Å². The van der Waals surface area contributed by atoms with Crippen LogP contribution < -0.4 is 10.4 Å². The molecule has 5 atom stereocenters. The van der Waals surface area contributed by atoms with Gasteiger partial charge in [0.2, 0.25) is 12.0 Å². The van der Waals surface area contributed by atoms with Gasteiger partial charge in [-0.25, -0.2) is 4.79 Å². The van der Waals surface area contributed by atoms with E-state index in [2.05, 4.69) is 0 Å². The number of hydrogen-bond donors (Lipinski definition) is 5. The number of phenols is 1. The Morgan fingerprint density at radius 3 is 2.46 bits per heavy atom. The highest BCUT2D eigenvalue weighted by Gasteiger charge is 2.45. The maximum atomic E-state index is 11.3. The van der Waals surface area contributed by atoms with E-state index < -0.39 is 48.7 Å². The molecule has 1 aliphatic rings. The van der Waals surface area contributed by atoms with Crippen LogP contribution in [0.1, 0.15) is 0 Å². The summed E-state index contributed by atoms with van der Waals surface area (Å²) in [6.45, 7) is -0.608. The predicted molar refractivity (Wildman–Crippen MR) is 78.5 cm³/mol. The van der Waals surface area contributed by atoms with Crippen LogP contribution in [0.15, 0.2) is 33.5 Å². The van der Waals surface area contributed by atoms with Gasteiger partial charge in [0.05, 0.1) is 6.61 Å². The number of benzene rings is 1. The van der Waals surface area contributed by atoms with Gasteiger partial charge in [-0.15, -0.1) is 0 Å². The molecule has 0 aliphatic carbocycles. The van der Waals surface area contributed by atoms with Crippen LogP contribution in [0.2, 0.25) is 0 Å². The number of aromatic hydroxyl groups is 1. The molecule has 1 fully saturated rings. The van der Waals surface area contributed by atoms with E-state index in [1.54, 1.807) is 0 Å². The van der Waals surface area contributed by atoms with Crippen LogP contribution in [0.5, 0.6) is 11.5 Å². The molecule has 1 saturated heterocycles. The van der Waals surface area contributed by atoms with Crippen molar-refractivity contribution in [3.63, 3.8) is 0 Å². The van der Waals surface area contributed by atoms with E-state index in [0.29, 0.717) is 5.39 Å². The molecule has 2 heterocycles. The summed E-state index contributed by atoms with van der Waals surface area (Å²) < 4.78 is 15.4. The number of aliphatic hydroxyl groups excluding tert-OH is 4. The third kappa shape index (κ3) is 2.83. The second-order valence-corrected chi connectivity index (χ2v) is 5.40. The van der Waals surface area contributed by atoms with Crippen LogP contribution in [0.4, 0.5) is 0 Å². The smallest absolute Gasteiger partial charge is 0.336 e. The molecule has 1 unspecified atom stereocenters. The summed E-state index contributed by atoms with van der Waals surface area (Å²) in [5.74, 6) is -0.650. The summed E-state index contributed by atoms with van der Waals surface area (Å²) in [7, 11) is 0. The highest BCUT2D eigenvalue weighted by Crippen LogP contribution is 2.35. The highest BCUT2D eigenvalue weighted by molar-refractivity contribution is 5.84. The first kappa shape index (κ1) is 16.7. The fourth-order valence-corrected chi connectivity index (χ4v) is 2.48. The number of fused-ring (bicyclic) bond motifs is 1. The van der Waals surface area contributed by atoms with Gasteiger partial charge in [-0.05, 0) is 18.2 Å². The van der Waals surface area contributed by atoms with Crippen molar-refractivity contribution in [3.05, 3.63) is 34.7 Å². The Morgan fingerprint density at radius 1 is 1.04 bits per heavy atom. The topological polar surface area (TPSA) is 150 Å². The summed E-state index contributed by atoms with van der Waals surface area (Å²) in [5, 5.41) is 49.2. The Kier molecular flexibility index (Phi) is 4.43. The van der Waals surface area contributed by atoms with E-state index >= 15 is 0 Å². The molecular formula is C15H16O9. The molecule has 9 heteroatoms. The Bertz CT molecular complexity index is 784. The van der Waals surface area contributed by atoms with Gasteiger partial charge in [0.1, 0.15) is 24.4 Å². The van der Waals surface area contributed by atoms with Crippen molar-refractivity contribution >= 4 is 11.0 Å². The van der Waals surface area contributed by atoms with Crippen molar-refractivity contribution in [1.82, 2.24) is 0 Å². The van der Waals surface area contributed by atoms with Gasteiger partial charge >= 0.3 is 5.63 Å². The molecule has 0 radical (unpaired) electrons. The van der Waals surface area contributed by atoms with Crippen LogP contribution in [0.25, 0.3) is 11.0 Å². The minimum Gasteiger partial charge on any atom is -0.502 e. The summed E-state index contributed by atoms with van der Waals surface area (Å²) >= 11 is 0. The van der Waals surface area contributed by atoms with Gasteiger partial charge in [-0.1, -0.05) is 0 Å². The average molecular weight is 340 g/mol. The second-order valence-electron chi connectivity index (χ2n) is 5.40. The lowest BCUT2D eigenvalue weighted by Crippen LogP contribution is -2.60. The van der Waals surface area contributed by atoms with Gasteiger partial charge in [0.25, 0.3) is 0 Å². The first-order valence-electron chi connectivity index (χ1n) is 7.15. The van der Waals surface area contributed by atoms with Crippen molar-refractivity contribution in [2.24, 2.45) is 0 Å².